The van der Waals surface area contributed by atoms with Crippen molar-refractivity contribution in [3.63, 3.8) is 0 Å². The van der Waals surface area contributed by atoms with E-state index in [4.69, 9.17) is 18.9 Å². The van der Waals surface area contributed by atoms with E-state index in [1.807, 2.05) is 0 Å². The van der Waals surface area contributed by atoms with Gasteiger partial charge in [-0.3, -0.25) is 4.79 Å². The second kappa shape index (κ2) is 17.9. The first kappa shape index (κ1) is 39.0. The molecular weight excluding hydrogens is 650 g/mol. The second-order valence-corrected chi connectivity index (χ2v) is 14.3. The van der Waals surface area contributed by atoms with Crippen LogP contribution in [0.2, 0.25) is 0 Å². The van der Waals surface area contributed by atoms with E-state index in [-0.39, 0.29) is 30.8 Å². The van der Waals surface area contributed by atoms with Crippen molar-refractivity contribution < 1.29 is 38.1 Å². The lowest BCUT2D eigenvalue weighted by molar-refractivity contribution is -0.145. The van der Waals surface area contributed by atoms with Gasteiger partial charge in [0.25, 0.3) is 0 Å². The Balaban J connectivity index is 1.42. The van der Waals surface area contributed by atoms with E-state index in [0.29, 0.717) is 31.7 Å². The van der Waals surface area contributed by atoms with E-state index in [1.54, 1.807) is 51.1 Å². The fraction of sp³-hybridized carbons (Fsp3) is 0.500. The third-order valence-electron chi connectivity index (χ3n) is 9.29. The van der Waals surface area contributed by atoms with E-state index in [9.17, 15) is 19.2 Å². The molecule has 11 nitrogen and oxygen atoms in total. The maximum absolute atomic E-state index is 13.7. The Morgan fingerprint density at radius 2 is 1.80 bits per heavy atom. The number of carbonyl (C=O) groups excluding carboxylic acids is 4. The number of esters is 1. The Hall–Kier alpha value is -4.80. The monoisotopic (exact) mass is 703 g/mol. The van der Waals surface area contributed by atoms with Crippen molar-refractivity contribution in [1.29, 1.82) is 0 Å². The van der Waals surface area contributed by atoms with Crippen LogP contribution in [-0.2, 0) is 30.2 Å². The smallest absolute Gasteiger partial charge is 0.407 e. The normalized spacial score (nSPS) is 20.2. The Bertz CT molecular complexity index is 1550. The minimum atomic E-state index is -1.01. The lowest BCUT2D eigenvalue weighted by Crippen LogP contribution is -2.52. The molecule has 1 aromatic carbocycles. The molecule has 276 valence electrons. The summed E-state index contributed by atoms with van der Waals surface area (Å²) < 4.78 is 21.7. The van der Waals surface area contributed by atoms with E-state index in [0.717, 1.165) is 24.8 Å². The number of allylic oxidation sites excluding steroid dienone is 6. The van der Waals surface area contributed by atoms with Gasteiger partial charge >= 0.3 is 18.2 Å². The molecule has 3 aliphatic rings. The summed E-state index contributed by atoms with van der Waals surface area (Å²) in [5.41, 5.74) is 3.88. The van der Waals surface area contributed by atoms with Crippen LogP contribution in [0.4, 0.5) is 9.59 Å². The average Bonchev–Trinajstić information content (AvgIpc) is 3.35. The maximum Gasteiger partial charge on any atom is 0.407 e. The summed E-state index contributed by atoms with van der Waals surface area (Å²) in [5.74, 6) is -0.561. The minimum Gasteiger partial charge on any atom is -0.490 e. The molecule has 3 amide bonds. The molecule has 1 aromatic rings. The summed E-state index contributed by atoms with van der Waals surface area (Å²) in [6, 6.07) is 5.13. The molecule has 3 N–H and O–H groups in total. The number of carbonyl (C=O) groups is 4. The van der Waals surface area contributed by atoms with E-state index in [2.05, 4.69) is 59.8 Å². The molecule has 11 heteroatoms. The van der Waals surface area contributed by atoms with Crippen molar-refractivity contribution in [3.8, 4) is 5.75 Å². The van der Waals surface area contributed by atoms with Crippen molar-refractivity contribution in [2.45, 2.75) is 90.3 Å². The Kier molecular flexibility index (Phi) is 13.7. The molecule has 0 aliphatic heterocycles. The predicted octanol–water partition coefficient (Wildman–Crippen LogP) is 6.41. The topological polar surface area (TPSA) is 141 Å². The molecule has 3 aliphatic carbocycles. The highest BCUT2D eigenvalue weighted by atomic mass is 16.6. The van der Waals surface area contributed by atoms with Crippen molar-refractivity contribution in [2.75, 3.05) is 26.9 Å². The van der Waals surface area contributed by atoms with Crippen LogP contribution in [0, 0.1) is 11.3 Å². The Labute approximate surface area is 301 Å². The number of benzene rings is 1. The molecule has 2 unspecified atom stereocenters. The predicted molar refractivity (Wildman–Crippen MR) is 195 cm³/mol. The summed E-state index contributed by atoms with van der Waals surface area (Å²) >= 11 is 0. The number of methoxy groups -OCH3 is 1. The number of hydrogen-bond donors (Lipinski definition) is 3. The first-order chi connectivity index (χ1) is 24.3. The van der Waals surface area contributed by atoms with Gasteiger partial charge in [-0.25, -0.2) is 14.4 Å². The number of amides is 3. The third-order valence-corrected chi connectivity index (χ3v) is 9.29. The van der Waals surface area contributed by atoms with Crippen LogP contribution in [0.5, 0.6) is 5.75 Å². The molecule has 4 atom stereocenters. The van der Waals surface area contributed by atoms with Gasteiger partial charge in [-0.2, -0.15) is 0 Å². The maximum atomic E-state index is 13.7. The molecule has 0 saturated heterocycles. The van der Waals surface area contributed by atoms with Crippen molar-refractivity contribution in [2.24, 2.45) is 11.3 Å². The quantitative estimate of drug-likeness (QED) is 0.0777. The number of unbranched alkanes of at least 4 members (excludes halogenated alkanes) is 1. The largest absolute Gasteiger partial charge is 0.490 e. The second-order valence-electron chi connectivity index (χ2n) is 14.3. The zero-order valence-electron chi connectivity index (χ0n) is 30.5. The molecule has 4 rings (SSSR count). The van der Waals surface area contributed by atoms with Crippen LogP contribution < -0.4 is 20.7 Å². The highest BCUT2D eigenvalue weighted by Crippen LogP contribution is 2.56. The number of fused-ring (bicyclic) bond motifs is 2. The average molecular weight is 704 g/mol. The zero-order valence-corrected chi connectivity index (χ0v) is 30.5. The molecular formula is C40H53N3O8. The SMILES string of the molecule is C=CCOc1ccc(C[C@H](NC(=O)[C@@H](CCCCNC(=O)OC(C)(C)C)NC(=O)OCC2C3=CC=CCC3(C)C3=C2CCC=C3)C(=O)OC)cc1. The standard InChI is InChI=1S/C40H53N3O8/c1-7-24-49-28-20-18-27(19-21-28)25-34(36(45)48-6)42-35(44)33(17-11-13-23-41-37(46)51-39(2,3)4)43-38(47)50-26-30-29-14-8-9-15-31(29)40(5)22-12-10-16-32(30)40/h7,9-10,12,15-16,18-21,30,33-34H,1,8,11,13-14,17,22-26H2,2-6H3,(H,41,46)(H,42,44)(H,43,47)/t30?,33-,34+,40?/m1/s1. The number of hydrogen-bond acceptors (Lipinski definition) is 8. The number of rotatable bonds is 16. The molecule has 0 heterocycles. The molecule has 51 heavy (non-hydrogen) atoms. The van der Waals surface area contributed by atoms with Gasteiger partial charge in [0.1, 0.15) is 36.6 Å². The van der Waals surface area contributed by atoms with Gasteiger partial charge in [0, 0.05) is 24.3 Å². The summed E-state index contributed by atoms with van der Waals surface area (Å²) in [5, 5.41) is 8.25. The van der Waals surface area contributed by atoms with Gasteiger partial charge in [0.2, 0.25) is 5.91 Å². The van der Waals surface area contributed by atoms with Crippen LogP contribution in [0.25, 0.3) is 0 Å². The van der Waals surface area contributed by atoms with E-state index >= 15 is 0 Å². The van der Waals surface area contributed by atoms with Crippen molar-refractivity contribution in [1.82, 2.24) is 16.0 Å². The van der Waals surface area contributed by atoms with Crippen LogP contribution >= 0.6 is 0 Å². The first-order valence-corrected chi connectivity index (χ1v) is 17.7. The molecule has 0 fully saturated rings. The molecule has 0 radical (unpaired) electrons. The number of ether oxygens (including phenoxy) is 4. The van der Waals surface area contributed by atoms with Crippen LogP contribution in [0.3, 0.4) is 0 Å². The Morgan fingerprint density at radius 3 is 2.51 bits per heavy atom. The van der Waals surface area contributed by atoms with Crippen LogP contribution in [0.15, 0.2) is 84.0 Å². The summed E-state index contributed by atoms with van der Waals surface area (Å²) in [6.07, 6.45) is 15.3. The molecule has 0 saturated carbocycles. The van der Waals surface area contributed by atoms with Gasteiger partial charge in [-0.1, -0.05) is 67.7 Å². The van der Waals surface area contributed by atoms with Crippen LogP contribution in [-0.4, -0.2) is 68.6 Å². The lowest BCUT2D eigenvalue weighted by atomic mass is 9.72. The summed E-state index contributed by atoms with van der Waals surface area (Å²) in [6.45, 7) is 12.1. The fourth-order valence-corrected chi connectivity index (χ4v) is 6.81. The van der Waals surface area contributed by atoms with Crippen LogP contribution in [0.1, 0.15) is 71.8 Å². The van der Waals surface area contributed by atoms with Gasteiger partial charge < -0.3 is 34.9 Å². The van der Waals surface area contributed by atoms with Gasteiger partial charge in [-0.15, -0.1) is 0 Å². The van der Waals surface area contributed by atoms with E-state index < -0.39 is 41.7 Å². The highest BCUT2D eigenvalue weighted by Gasteiger charge is 2.46. The van der Waals surface area contributed by atoms with Gasteiger partial charge in [-0.05, 0) is 88.1 Å². The molecule has 0 bridgehead atoms. The Morgan fingerprint density at radius 1 is 1.04 bits per heavy atom. The van der Waals surface area contributed by atoms with Crippen molar-refractivity contribution >= 4 is 24.1 Å². The number of alkyl carbamates (subject to hydrolysis) is 2. The van der Waals surface area contributed by atoms with E-state index in [1.165, 1.54) is 23.8 Å². The van der Waals surface area contributed by atoms with Gasteiger partial charge in [0.05, 0.1) is 7.11 Å². The minimum absolute atomic E-state index is 0.0332. The third kappa shape index (κ3) is 10.8. The summed E-state index contributed by atoms with van der Waals surface area (Å²) in [7, 11) is 1.26. The lowest BCUT2D eigenvalue weighted by Gasteiger charge is -2.31. The van der Waals surface area contributed by atoms with Gasteiger partial charge in [0.15, 0.2) is 0 Å². The summed E-state index contributed by atoms with van der Waals surface area (Å²) in [4.78, 5) is 52.0. The number of nitrogens with one attached hydrogen (secondary N) is 3. The highest BCUT2D eigenvalue weighted by molar-refractivity contribution is 5.89. The van der Waals surface area contributed by atoms with Crippen molar-refractivity contribution in [3.05, 3.63) is 89.6 Å². The molecule has 0 aromatic heterocycles. The first-order valence-electron chi connectivity index (χ1n) is 17.7. The fourth-order valence-electron chi connectivity index (χ4n) is 6.81. The zero-order chi connectivity index (χ0) is 37.0. The molecule has 0 spiro atoms.